The van der Waals surface area contributed by atoms with Crippen LogP contribution in [-0.4, -0.2) is 10.9 Å². The fourth-order valence-corrected chi connectivity index (χ4v) is 3.62. The summed E-state index contributed by atoms with van der Waals surface area (Å²) in [5.41, 5.74) is 6.14. The van der Waals surface area contributed by atoms with Gasteiger partial charge in [-0.15, -0.1) is 0 Å². The molecule has 4 nitrogen and oxygen atoms in total. The minimum atomic E-state index is -0.106. The van der Waals surface area contributed by atoms with Crippen LogP contribution < -0.4 is 5.32 Å². The quantitative estimate of drug-likeness (QED) is 0.744. The van der Waals surface area contributed by atoms with Gasteiger partial charge in [0.15, 0.2) is 0 Å². The summed E-state index contributed by atoms with van der Waals surface area (Å²) >= 11 is 0. The van der Waals surface area contributed by atoms with Crippen LogP contribution >= 0.6 is 0 Å². The first kappa shape index (κ1) is 16.3. The van der Waals surface area contributed by atoms with Gasteiger partial charge in [0.05, 0.1) is 22.7 Å². The number of hydrogen-bond acceptors (Lipinski definition) is 3. The zero-order chi connectivity index (χ0) is 18.1. The molecule has 0 aliphatic heterocycles. The number of pyridine rings is 1. The Labute approximate surface area is 152 Å². The number of nitrogens with one attached hydrogen (secondary N) is 1. The molecule has 0 radical (unpaired) electrons. The first-order valence-electron chi connectivity index (χ1n) is 8.89. The summed E-state index contributed by atoms with van der Waals surface area (Å²) in [4.78, 5) is 18.0. The van der Waals surface area contributed by atoms with Gasteiger partial charge in [-0.1, -0.05) is 11.6 Å². The van der Waals surface area contributed by atoms with E-state index < -0.39 is 0 Å². The van der Waals surface area contributed by atoms with E-state index >= 15 is 0 Å². The number of hydrogen-bond donors (Lipinski definition) is 1. The molecule has 0 saturated heterocycles. The molecule has 4 heteroatoms. The number of aromatic nitrogens is 1. The molecule has 1 aliphatic rings. The molecule has 0 bridgehead atoms. The molecular weight excluding hydrogens is 322 g/mol. The summed E-state index contributed by atoms with van der Waals surface area (Å²) in [5.74, 6) is -0.106. The third-order valence-electron chi connectivity index (χ3n) is 4.92. The topological polar surface area (TPSA) is 65.8 Å². The van der Waals surface area contributed by atoms with E-state index in [2.05, 4.69) is 11.4 Å². The average molecular weight is 341 g/mol. The number of amides is 1. The van der Waals surface area contributed by atoms with E-state index in [0.29, 0.717) is 11.3 Å². The highest BCUT2D eigenvalue weighted by Gasteiger charge is 2.22. The van der Waals surface area contributed by atoms with Crippen LogP contribution in [-0.2, 0) is 12.8 Å². The van der Waals surface area contributed by atoms with Gasteiger partial charge in [-0.05, 0) is 74.6 Å². The molecule has 3 aromatic rings. The van der Waals surface area contributed by atoms with Crippen molar-refractivity contribution < 1.29 is 4.79 Å². The molecule has 0 unspecified atom stereocenters. The van der Waals surface area contributed by atoms with Gasteiger partial charge in [-0.3, -0.25) is 9.78 Å². The monoisotopic (exact) mass is 341 g/mol. The molecule has 0 saturated carbocycles. The fraction of sp³-hybridized carbons (Fsp3) is 0.227. The Kier molecular flexibility index (Phi) is 4.14. The molecule has 26 heavy (non-hydrogen) atoms. The zero-order valence-corrected chi connectivity index (χ0v) is 14.7. The molecule has 1 aromatic heterocycles. The smallest absolute Gasteiger partial charge is 0.256 e. The highest BCUT2D eigenvalue weighted by atomic mass is 16.1. The van der Waals surface area contributed by atoms with Gasteiger partial charge in [0.25, 0.3) is 5.91 Å². The Bertz CT molecular complexity index is 1050. The molecule has 2 aromatic carbocycles. The van der Waals surface area contributed by atoms with E-state index in [1.54, 1.807) is 24.3 Å². The molecule has 1 N–H and O–H groups in total. The number of fused-ring (bicyclic) bond motifs is 2. The number of anilines is 1. The number of aryl methyl sites for hydroxylation is 2. The van der Waals surface area contributed by atoms with Gasteiger partial charge in [0, 0.05) is 16.8 Å². The Morgan fingerprint density at radius 2 is 1.88 bits per heavy atom. The van der Waals surface area contributed by atoms with Gasteiger partial charge >= 0.3 is 0 Å². The average Bonchev–Trinajstić information content (AvgIpc) is 2.66. The largest absolute Gasteiger partial charge is 0.322 e. The minimum Gasteiger partial charge on any atom is -0.322 e. The lowest BCUT2D eigenvalue weighted by Gasteiger charge is -2.20. The van der Waals surface area contributed by atoms with Crippen molar-refractivity contribution in [2.75, 3.05) is 5.32 Å². The van der Waals surface area contributed by atoms with Crippen LogP contribution in [0.1, 0.15) is 45.6 Å². The van der Waals surface area contributed by atoms with Crippen molar-refractivity contribution in [3.05, 3.63) is 70.4 Å². The Balaban J connectivity index is 1.81. The lowest BCUT2D eigenvalue weighted by molar-refractivity contribution is 0.102. The van der Waals surface area contributed by atoms with Gasteiger partial charge in [0.1, 0.15) is 0 Å². The highest BCUT2D eigenvalue weighted by Crippen LogP contribution is 2.30. The minimum absolute atomic E-state index is 0.106. The Morgan fingerprint density at radius 3 is 2.65 bits per heavy atom. The predicted octanol–water partition coefficient (Wildman–Crippen LogP) is 4.55. The maximum absolute atomic E-state index is 13.2. The molecule has 4 rings (SSSR count). The zero-order valence-electron chi connectivity index (χ0n) is 14.7. The number of carbonyl (C=O) groups excluding carboxylic acids is 1. The van der Waals surface area contributed by atoms with Gasteiger partial charge < -0.3 is 5.32 Å². The van der Waals surface area contributed by atoms with Crippen LogP contribution in [0, 0.1) is 18.3 Å². The Hall–Kier alpha value is -3.19. The summed E-state index contributed by atoms with van der Waals surface area (Å²) < 4.78 is 0. The second-order valence-electron chi connectivity index (χ2n) is 6.78. The van der Waals surface area contributed by atoms with Crippen molar-refractivity contribution in [1.29, 1.82) is 5.26 Å². The molecule has 1 amide bonds. The summed E-state index contributed by atoms with van der Waals surface area (Å²) in [6, 6.07) is 15.1. The second-order valence-corrected chi connectivity index (χ2v) is 6.78. The van der Waals surface area contributed by atoms with Crippen molar-refractivity contribution in [2.24, 2.45) is 0 Å². The lowest BCUT2D eigenvalue weighted by Crippen LogP contribution is -2.19. The highest BCUT2D eigenvalue weighted by molar-refractivity contribution is 6.13. The van der Waals surface area contributed by atoms with E-state index in [-0.39, 0.29) is 5.91 Å². The SMILES string of the molecule is Cc1ccc2nc3c(c(C(=O)Nc4ccc(C#N)cc4)c2c1)CCCC3. The molecule has 0 fully saturated rings. The third-order valence-corrected chi connectivity index (χ3v) is 4.92. The lowest BCUT2D eigenvalue weighted by atomic mass is 9.89. The van der Waals surface area contributed by atoms with Crippen molar-refractivity contribution in [3.63, 3.8) is 0 Å². The van der Waals surface area contributed by atoms with Crippen molar-refractivity contribution in [1.82, 2.24) is 4.98 Å². The molecule has 0 spiro atoms. The first-order valence-corrected chi connectivity index (χ1v) is 8.89. The Morgan fingerprint density at radius 1 is 1.12 bits per heavy atom. The van der Waals surface area contributed by atoms with Crippen LogP contribution in [0.3, 0.4) is 0 Å². The molecule has 1 aliphatic carbocycles. The van der Waals surface area contributed by atoms with Gasteiger partial charge in [-0.25, -0.2) is 0 Å². The standard InChI is InChI=1S/C22H19N3O/c1-14-6-11-20-18(12-14)21(17-4-2-3-5-19(17)25-20)22(26)24-16-9-7-15(13-23)8-10-16/h6-12H,2-5H2,1H3,(H,24,26). The summed E-state index contributed by atoms with van der Waals surface area (Å²) in [5, 5.41) is 12.8. The van der Waals surface area contributed by atoms with Crippen molar-refractivity contribution >= 4 is 22.5 Å². The summed E-state index contributed by atoms with van der Waals surface area (Å²) in [7, 11) is 0. The summed E-state index contributed by atoms with van der Waals surface area (Å²) in [6.07, 6.45) is 4.02. The molecule has 128 valence electrons. The first-order chi connectivity index (χ1) is 12.7. The third kappa shape index (κ3) is 2.93. The maximum atomic E-state index is 13.2. The summed E-state index contributed by atoms with van der Waals surface area (Å²) in [6.45, 7) is 2.03. The molecular formula is C22H19N3O. The van der Waals surface area contributed by atoms with E-state index in [1.165, 1.54) is 0 Å². The normalized spacial score (nSPS) is 13.1. The van der Waals surface area contributed by atoms with Crippen LogP contribution in [0.25, 0.3) is 10.9 Å². The number of nitriles is 1. The van der Waals surface area contributed by atoms with E-state index in [0.717, 1.165) is 59.0 Å². The number of benzene rings is 2. The van der Waals surface area contributed by atoms with E-state index in [9.17, 15) is 4.79 Å². The number of rotatable bonds is 2. The predicted molar refractivity (Wildman–Crippen MR) is 102 cm³/mol. The van der Waals surface area contributed by atoms with E-state index in [4.69, 9.17) is 10.2 Å². The van der Waals surface area contributed by atoms with Gasteiger partial charge in [0.2, 0.25) is 0 Å². The van der Waals surface area contributed by atoms with Crippen LogP contribution in [0.15, 0.2) is 42.5 Å². The fourth-order valence-electron chi connectivity index (χ4n) is 3.62. The maximum Gasteiger partial charge on any atom is 0.256 e. The van der Waals surface area contributed by atoms with E-state index in [1.807, 2.05) is 25.1 Å². The van der Waals surface area contributed by atoms with Crippen LogP contribution in [0.2, 0.25) is 0 Å². The second kappa shape index (κ2) is 6.61. The number of carbonyl (C=O) groups is 1. The van der Waals surface area contributed by atoms with Crippen LogP contribution in [0.5, 0.6) is 0 Å². The number of nitrogens with zero attached hydrogens (tertiary/aromatic N) is 2. The molecule has 1 heterocycles. The van der Waals surface area contributed by atoms with Crippen LogP contribution in [0.4, 0.5) is 5.69 Å². The van der Waals surface area contributed by atoms with Gasteiger partial charge in [-0.2, -0.15) is 5.26 Å². The molecule has 0 atom stereocenters. The van der Waals surface area contributed by atoms with Crippen molar-refractivity contribution in [2.45, 2.75) is 32.6 Å². The van der Waals surface area contributed by atoms with Crippen molar-refractivity contribution in [3.8, 4) is 6.07 Å².